The summed E-state index contributed by atoms with van der Waals surface area (Å²) in [5.74, 6) is -0.0910. The maximum Gasteiger partial charge on any atom is 0.167 e. The Morgan fingerprint density at radius 1 is 1.31 bits per heavy atom. The molecule has 2 aromatic heterocycles. The van der Waals surface area contributed by atoms with Crippen molar-refractivity contribution >= 4 is 51.2 Å². The number of piperidine rings is 1. The standard InChI is InChI=1S/C22H21Cl2FN4/c1-3-14(15-4-5-18(24)21-16(15)6-8-27-21)17-12-29(9-7-20(17)26-2)22-19(25)10-13(23)11-28-22/h4-6,8,10-11,27H,3,7,9,12H2,1-2H3/b17-14+,26-20?. The van der Waals surface area contributed by atoms with E-state index in [1.165, 1.54) is 17.8 Å². The van der Waals surface area contributed by atoms with Gasteiger partial charge in [0, 0.05) is 50.0 Å². The van der Waals surface area contributed by atoms with Crippen LogP contribution in [0.3, 0.4) is 0 Å². The quantitative estimate of drug-likeness (QED) is 0.540. The summed E-state index contributed by atoms with van der Waals surface area (Å²) >= 11 is 12.2. The number of allylic oxidation sites excluding steroid dienone is 1. The summed E-state index contributed by atoms with van der Waals surface area (Å²) in [6.07, 6.45) is 4.92. The smallest absolute Gasteiger partial charge is 0.167 e. The lowest BCUT2D eigenvalue weighted by Gasteiger charge is -2.32. The molecule has 1 N–H and O–H groups in total. The minimum Gasteiger partial charge on any atom is -0.360 e. The van der Waals surface area contributed by atoms with Crippen LogP contribution in [0.1, 0.15) is 25.3 Å². The zero-order chi connectivity index (χ0) is 20.5. The van der Waals surface area contributed by atoms with Crippen LogP contribution in [0.2, 0.25) is 10.0 Å². The van der Waals surface area contributed by atoms with Crippen LogP contribution in [0.15, 0.2) is 47.2 Å². The fraction of sp³-hybridized carbons (Fsp3) is 0.273. The summed E-state index contributed by atoms with van der Waals surface area (Å²) in [5, 5.41) is 2.06. The summed E-state index contributed by atoms with van der Waals surface area (Å²) in [4.78, 5) is 13.9. The van der Waals surface area contributed by atoms with Gasteiger partial charge in [0.15, 0.2) is 11.6 Å². The maximum atomic E-state index is 14.5. The molecule has 1 saturated heterocycles. The molecule has 0 atom stereocenters. The third kappa shape index (κ3) is 3.65. The average Bonchev–Trinajstić information content (AvgIpc) is 3.21. The summed E-state index contributed by atoms with van der Waals surface area (Å²) in [6.45, 7) is 3.32. The molecule has 0 unspecified atom stereocenters. The highest BCUT2D eigenvalue weighted by Gasteiger charge is 2.26. The number of hydrogen-bond acceptors (Lipinski definition) is 3. The Bertz CT molecular complexity index is 1130. The predicted octanol–water partition coefficient (Wildman–Crippen LogP) is 6.15. The number of aromatic amines is 1. The number of anilines is 1. The Labute approximate surface area is 179 Å². The number of benzene rings is 1. The van der Waals surface area contributed by atoms with Crippen molar-refractivity contribution in [2.75, 3.05) is 25.0 Å². The molecule has 1 fully saturated rings. The number of H-pyrrole nitrogens is 1. The molecular weight excluding hydrogens is 410 g/mol. The van der Waals surface area contributed by atoms with Gasteiger partial charge in [0.2, 0.25) is 0 Å². The van der Waals surface area contributed by atoms with Gasteiger partial charge in [-0.1, -0.05) is 36.2 Å². The number of rotatable bonds is 3. The van der Waals surface area contributed by atoms with Gasteiger partial charge in [0.05, 0.1) is 15.6 Å². The molecule has 29 heavy (non-hydrogen) atoms. The van der Waals surface area contributed by atoms with E-state index >= 15 is 0 Å². The third-order valence-corrected chi connectivity index (χ3v) is 5.91. The average molecular weight is 431 g/mol. The lowest BCUT2D eigenvalue weighted by molar-refractivity contribution is 0.610. The van der Waals surface area contributed by atoms with Crippen molar-refractivity contribution in [3.63, 3.8) is 0 Å². The molecular formula is C22H21Cl2FN4. The summed E-state index contributed by atoms with van der Waals surface area (Å²) < 4.78 is 14.5. The van der Waals surface area contributed by atoms with Crippen molar-refractivity contribution < 1.29 is 4.39 Å². The van der Waals surface area contributed by atoms with Crippen LogP contribution in [-0.2, 0) is 0 Å². The van der Waals surface area contributed by atoms with E-state index in [1.54, 1.807) is 0 Å². The van der Waals surface area contributed by atoms with Gasteiger partial charge >= 0.3 is 0 Å². The molecule has 0 aliphatic carbocycles. The topological polar surface area (TPSA) is 44.3 Å². The second-order valence-corrected chi connectivity index (χ2v) is 7.82. The Balaban J connectivity index is 1.84. The van der Waals surface area contributed by atoms with Crippen LogP contribution in [0.4, 0.5) is 10.2 Å². The fourth-order valence-corrected chi connectivity index (χ4v) is 4.40. The number of aromatic nitrogens is 2. The Morgan fingerprint density at radius 2 is 2.14 bits per heavy atom. The van der Waals surface area contributed by atoms with Crippen LogP contribution in [0.5, 0.6) is 0 Å². The Kier molecular flexibility index (Phi) is 5.61. The van der Waals surface area contributed by atoms with E-state index in [0.29, 0.717) is 29.0 Å². The number of halogens is 3. The lowest BCUT2D eigenvalue weighted by Crippen LogP contribution is -2.37. The zero-order valence-electron chi connectivity index (χ0n) is 16.3. The van der Waals surface area contributed by atoms with Gasteiger partial charge in [0.25, 0.3) is 0 Å². The molecule has 1 aliphatic rings. The van der Waals surface area contributed by atoms with Gasteiger partial charge in [-0.25, -0.2) is 9.37 Å². The molecule has 1 aromatic carbocycles. The molecule has 0 amide bonds. The summed E-state index contributed by atoms with van der Waals surface area (Å²) in [5.41, 5.74) is 5.39. The highest BCUT2D eigenvalue weighted by Crippen LogP contribution is 2.35. The Morgan fingerprint density at radius 3 is 2.86 bits per heavy atom. The molecule has 0 bridgehead atoms. The first-order chi connectivity index (χ1) is 14.0. The number of nitrogens with one attached hydrogen (secondary N) is 1. The normalized spacial score (nSPS) is 18.0. The number of hydrogen-bond donors (Lipinski definition) is 1. The van der Waals surface area contributed by atoms with Crippen LogP contribution in [0, 0.1) is 5.82 Å². The zero-order valence-corrected chi connectivity index (χ0v) is 17.8. The van der Waals surface area contributed by atoms with Gasteiger partial charge in [-0.2, -0.15) is 0 Å². The molecule has 3 heterocycles. The molecule has 3 aromatic rings. The largest absolute Gasteiger partial charge is 0.360 e. The van der Waals surface area contributed by atoms with Crippen molar-refractivity contribution in [1.29, 1.82) is 0 Å². The van der Waals surface area contributed by atoms with E-state index in [-0.39, 0.29) is 0 Å². The minimum atomic E-state index is -0.411. The number of aliphatic imine (C=N–C) groups is 1. The van der Waals surface area contributed by atoms with Gasteiger partial charge < -0.3 is 9.88 Å². The second kappa shape index (κ2) is 8.17. The molecule has 7 heteroatoms. The van der Waals surface area contributed by atoms with Crippen molar-refractivity contribution in [2.24, 2.45) is 4.99 Å². The van der Waals surface area contributed by atoms with Crippen molar-refractivity contribution in [3.05, 3.63) is 63.7 Å². The van der Waals surface area contributed by atoms with Crippen LogP contribution < -0.4 is 4.90 Å². The van der Waals surface area contributed by atoms with E-state index in [0.717, 1.165) is 40.6 Å². The van der Waals surface area contributed by atoms with Crippen LogP contribution in [0.25, 0.3) is 16.5 Å². The molecule has 0 radical (unpaired) electrons. The molecule has 0 spiro atoms. The predicted molar refractivity (Wildman–Crippen MR) is 120 cm³/mol. The van der Waals surface area contributed by atoms with Crippen molar-refractivity contribution in [3.8, 4) is 0 Å². The monoisotopic (exact) mass is 430 g/mol. The van der Waals surface area contributed by atoms with Crippen LogP contribution in [-0.4, -0.2) is 35.8 Å². The second-order valence-electron chi connectivity index (χ2n) is 6.97. The lowest BCUT2D eigenvalue weighted by atomic mass is 9.89. The van der Waals surface area contributed by atoms with E-state index in [2.05, 4.69) is 28.0 Å². The molecule has 0 saturated carbocycles. The van der Waals surface area contributed by atoms with Crippen molar-refractivity contribution in [1.82, 2.24) is 9.97 Å². The van der Waals surface area contributed by atoms with E-state index in [9.17, 15) is 4.39 Å². The summed E-state index contributed by atoms with van der Waals surface area (Å²) in [6, 6.07) is 7.31. The number of pyridine rings is 1. The van der Waals surface area contributed by atoms with Gasteiger partial charge in [-0.05, 0) is 41.3 Å². The first-order valence-electron chi connectivity index (χ1n) is 9.53. The van der Waals surface area contributed by atoms with Gasteiger partial charge in [-0.15, -0.1) is 0 Å². The number of nitrogens with zero attached hydrogens (tertiary/aromatic N) is 3. The highest BCUT2D eigenvalue weighted by atomic mass is 35.5. The van der Waals surface area contributed by atoms with E-state index in [1.807, 2.05) is 30.3 Å². The van der Waals surface area contributed by atoms with Gasteiger partial charge in [0.1, 0.15) is 0 Å². The minimum absolute atomic E-state index is 0.292. The van der Waals surface area contributed by atoms with Crippen LogP contribution >= 0.6 is 23.2 Å². The first kappa shape index (κ1) is 19.9. The molecule has 1 aliphatic heterocycles. The SMILES string of the molecule is CC/C(=C1/CN(c2ncc(Cl)cc2F)CCC1=NC)c1ccc(Cl)c2[nH]ccc12. The van der Waals surface area contributed by atoms with Gasteiger partial charge in [-0.3, -0.25) is 4.99 Å². The maximum absolute atomic E-state index is 14.5. The third-order valence-electron chi connectivity index (χ3n) is 5.39. The molecule has 150 valence electrons. The first-order valence-corrected chi connectivity index (χ1v) is 10.3. The molecule has 4 rings (SSSR count). The Hall–Kier alpha value is -2.37. The fourth-order valence-electron chi connectivity index (χ4n) is 4.04. The highest BCUT2D eigenvalue weighted by molar-refractivity contribution is 6.35. The van der Waals surface area contributed by atoms with E-state index in [4.69, 9.17) is 23.2 Å². The summed E-state index contributed by atoms with van der Waals surface area (Å²) in [7, 11) is 1.81. The van der Waals surface area contributed by atoms with Crippen molar-refractivity contribution in [2.45, 2.75) is 19.8 Å². The van der Waals surface area contributed by atoms with E-state index < -0.39 is 5.82 Å². The number of fused-ring (bicyclic) bond motifs is 1. The molecule has 4 nitrogen and oxygen atoms in total.